The van der Waals surface area contributed by atoms with Crippen LogP contribution in [-0.4, -0.2) is 37.4 Å². The topological polar surface area (TPSA) is 78.5 Å². The summed E-state index contributed by atoms with van der Waals surface area (Å²) < 4.78 is 0. The minimum Gasteiger partial charge on any atom is -0.354 e. The van der Waals surface area contributed by atoms with Crippen LogP contribution in [-0.2, 0) is 16.0 Å². The summed E-state index contributed by atoms with van der Waals surface area (Å²) in [5.41, 5.74) is 2.48. The molecule has 6 nitrogen and oxygen atoms in total. The van der Waals surface area contributed by atoms with Gasteiger partial charge in [-0.05, 0) is 30.2 Å². The van der Waals surface area contributed by atoms with Gasteiger partial charge in [-0.3, -0.25) is 14.4 Å². The van der Waals surface area contributed by atoms with Crippen molar-refractivity contribution in [2.24, 2.45) is 5.92 Å². The van der Waals surface area contributed by atoms with E-state index in [1.165, 1.54) is 0 Å². The van der Waals surface area contributed by atoms with Crippen LogP contribution in [0.15, 0.2) is 18.2 Å². The third-order valence-electron chi connectivity index (χ3n) is 3.85. The van der Waals surface area contributed by atoms with Gasteiger partial charge in [-0.1, -0.05) is 13.8 Å². The van der Waals surface area contributed by atoms with Crippen molar-refractivity contribution < 1.29 is 14.4 Å². The number of carbonyl (C=O) groups excluding carboxylic acids is 3. The molecule has 1 aliphatic heterocycles. The molecule has 1 aliphatic rings. The Morgan fingerprint density at radius 1 is 1.17 bits per heavy atom. The van der Waals surface area contributed by atoms with E-state index in [9.17, 15) is 14.4 Å². The Morgan fingerprint density at radius 3 is 2.52 bits per heavy atom. The lowest BCUT2D eigenvalue weighted by molar-refractivity contribution is -0.124. The van der Waals surface area contributed by atoms with E-state index in [2.05, 4.69) is 10.6 Å². The van der Waals surface area contributed by atoms with Crippen molar-refractivity contribution in [1.29, 1.82) is 0 Å². The molecule has 1 aromatic carbocycles. The summed E-state index contributed by atoms with van der Waals surface area (Å²) in [4.78, 5) is 36.8. The number of rotatable bonds is 5. The number of nitrogens with zero attached hydrogens (tertiary/aromatic N) is 1. The predicted molar refractivity (Wildman–Crippen MR) is 88.4 cm³/mol. The summed E-state index contributed by atoms with van der Waals surface area (Å²) in [7, 11) is 0. The van der Waals surface area contributed by atoms with Gasteiger partial charge in [-0.25, -0.2) is 0 Å². The third-order valence-corrected chi connectivity index (χ3v) is 3.85. The van der Waals surface area contributed by atoms with Crippen LogP contribution in [0.4, 0.5) is 5.69 Å². The lowest BCUT2D eigenvalue weighted by atomic mass is 10.1. The van der Waals surface area contributed by atoms with Gasteiger partial charge in [0.15, 0.2) is 0 Å². The Kier molecular flexibility index (Phi) is 5.36. The molecule has 2 rings (SSSR count). The zero-order valence-corrected chi connectivity index (χ0v) is 13.8. The maximum atomic E-state index is 12.1. The van der Waals surface area contributed by atoms with Crippen molar-refractivity contribution in [3.05, 3.63) is 29.3 Å². The van der Waals surface area contributed by atoms with Crippen molar-refractivity contribution in [2.45, 2.75) is 27.2 Å². The van der Waals surface area contributed by atoms with E-state index in [0.717, 1.165) is 17.7 Å². The molecule has 3 amide bonds. The summed E-state index contributed by atoms with van der Waals surface area (Å²) in [5, 5.41) is 5.54. The number of amides is 3. The molecule has 0 saturated heterocycles. The number of benzene rings is 1. The van der Waals surface area contributed by atoms with Crippen LogP contribution in [0.2, 0.25) is 0 Å². The highest BCUT2D eigenvalue weighted by Gasteiger charge is 2.23. The summed E-state index contributed by atoms with van der Waals surface area (Å²) in [6.45, 7) is 6.64. The molecule has 0 radical (unpaired) electrons. The molecule has 1 heterocycles. The van der Waals surface area contributed by atoms with Crippen LogP contribution in [0.1, 0.15) is 36.7 Å². The van der Waals surface area contributed by atoms with Gasteiger partial charge in [0.25, 0.3) is 5.91 Å². The molecule has 1 aromatic rings. The Hall–Kier alpha value is -2.37. The highest BCUT2D eigenvalue weighted by molar-refractivity contribution is 5.97. The molecular weight excluding hydrogens is 294 g/mol. The molecule has 2 N–H and O–H groups in total. The fourth-order valence-electron chi connectivity index (χ4n) is 2.54. The highest BCUT2D eigenvalue weighted by atomic mass is 16.2. The Balaban J connectivity index is 1.89. The van der Waals surface area contributed by atoms with E-state index in [4.69, 9.17) is 0 Å². The van der Waals surface area contributed by atoms with Gasteiger partial charge in [0.1, 0.15) is 0 Å². The molecule has 0 bridgehead atoms. The molecule has 0 saturated carbocycles. The lowest BCUT2D eigenvalue weighted by Crippen LogP contribution is -2.36. The van der Waals surface area contributed by atoms with Crippen LogP contribution in [0.25, 0.3) is 0 Å². The van der Waals surface area contributed by atoms with E-state index in [1.54, 1.807) is 17.9 Å². The van der Waals surface area contributed by atoms with Crippen molar-refractivity contribution in [3.8, 4) is 0 Å². The first-order chi connectivity index (χ1) is 10.9. The van der Waals surface area contributed by atoms with Crippen molar-refractivity contribution >= 4 is 23.4 Å². The third kappa shape index (κ3) is 4.09. The number of hydrogen-bond donors (Lipinski definition) is 2. The second-order valence-electron chi connectivity index (χ2n) is 5.97. The van der Waals surface area contributed by atoms with Gasteiger partial charge in [-0.15, -0.1) is 0 Å². The van der Waals surface area contributed by atoms with Gasteiger partial charge in [0.2, 0.25) is 11.8 Å². The standard InChI is InChI=1S/C17H23N3O3/c1-11(2)16(22)18-7-8-19-17(23)14-4-5-15-13(10-14)6-9-20(15)12(3)21/h4-5,10-11H,6-9H2,1-3H3,(H,18,22)(H,19,23). The number of hydrogen-bond acceptors (Lipinski definition) is 3. The van der Waals surface area contributed by atoms with Gasteiger partial charge >= 0.3 is 0 Å². The molecule has 0 spiro atoms. The quantitative estimate of drug-likeness (QED) is 0.798. The summed E-state index contributed by atoms with van der Waals surface area (Å²) >= 11 is 0. The Bertz CT molecular complexity index is 626. The summed E-state index contributed by atoms with van der Waals surface area (Å²) in [6.07, 6.45) is 0.764. The van der Waals surface area contributed by atoms with Crippen molar-refractivity contribution in [2.75, 3.05) is 24.5 Å². The maximum absolute atomic E-state index is 12.1. The molecule has 0 unspecified atom stereocenters. The number of fused-ring (bicyclic) bond motifs is 1. The van der Waals surface area contributed by atoms with E-state index in [0.29, 0.717) is 25.2 Å². The van der Waals surface area contributed by atoms with Crippen LogP contribution in [0, 0.1) is 5.92 Å². The zero-order chi connectivity index (χ0) is 17.0. The Morgan fingerprint density at radius 2 is 1.87 bits per heavy atom. The fraction of sp³-hybridized carbons (Fsp3) is 0.471. The molecule has 23 heavy (non-hydrogen) atoms. The second-order valence-corrected chi connectivity index (χ2v) is 5.97. The summed E-state index contributed by atoms with van der Waals surface area (Å²) in [6, 6.07) is 5.38. The van der Waals surface area contributed by atoms with Crippen LogP contribution in [0.3, 0.4) is 0 Å². The van der Waals surface area contributed by atoms with Crippen LogP contribution >= 0.6 is 0 Å². The monoisotopic (exact) mass is 317 g/mol. The first-order valence-electron chi connectivity index (χ1n) is 7.87. The second kappa shape index (κ2) is 7.26. The van der Waals surface area contributed by atoms with E-state index in [-0.39, 0.29) is 23.6 Å². The SMILES string of the molecule is CC(=O)N1CCc2cc(C(=O)NCCNC(=O)C(C)C)ccc21. The fourth-order valence-corrected chi connectivity index (χ4v) is 2.54. The maximum Gasteiger partial charge on any atom is 0.251 e. The van der Waals surface area contributed by atoms with Crippen molar-refractivity contribution in [3.63, 3.8) is 0 Å². The number of carbonyl (C=O) groups is 3. The average molecular weight is 317 g/mol. The van der Waals surface area contributed by atoms with Gasteiger partial charge in [0.05, 0.1) is 0 Å². The molecule has 0 atom stereocenters. The minimum absolute atomic E-state index is 0.0156. The average Bonchev–Trinajstić information content (AvgIpc) is 2.94. The predicted octanol–water partition coefficient (Wildman–Crippen LogP) is 1.10. The molecule has 6 heteroatoms. The van der Waals surface area contributed by atoms with Gasteiger partial charge in [-0.2, -0.15) is 0 Å². The lowest BCUT2D eigenvalue weighted by Gasteiger charge is -2.15. The highest BCUT2D eigenvalue weighted by Crippen LogP contribution is 2.28. The number of nitrogens with one attached hydrogen (secondary N) is 2. The minimum atomic E-state index is -0.173. The zero-order valence-electron chi connectivity index (χ0n) is 13.8. The number of anilines is 1. The van der Waals surface area contributed by atoms with Crippen LogP contribution < -0.4 is 15.5 Å². The molecule has 124 valence electrons. The molecular formula is C17H23N3O3. The Labute approximate surface area is 136 Å². The van der Waals surface area contributed by atoms with Gasteiger partial charge in [0, 0.05) is 43.7 Å². The van der Waals surface area contributed by atoms with Gasteiger partial charge < -0.3 is 15.5 Å². The molecule has 0 fully saturated rings. The largest absolute Gasteiger partial charge is 0.354 e. The smallest absolute Gasteiger partial charge is 0.251 e. The van der Waals surface area contributed by atoms with E-state index in [1.807, 2.05) is 26.0 Å². The van der Waals surface area contributed by atoms with E-state index >= 15 is 0 Å². The van der Waals surface area contributed by atoms with Crippen molar-refractivity contribution in [1.82, 2.24) is 10.6 Å². The molecule has 0 aromatic heterocycles. The van der Waals surface area contributed by atoms with Crippen LogP contribution in [0.5, 0.6) is 0 Å². The molecule has 0 aliphatic carbocycles. The van der Waals surface area contributed by atoms with E-state index < -0.39 is 0 Å². The first-order valence-corrected chi connectivity index (χ1v) is 7.87. The summed E-state index contributed by atoms with van der Waals surface area (Å²) in [5.74, 6) is -0.248. The first kappa shape index (κ1) is 17.0. The normalized spacial score (nSPS) is 13.0.